The van der Waals surface area contributed by atoms with Crippen molar-refractivity contribution in [3.05, 3.63) is 107 Å². The highest BCUT2D eigenvalue weighted by molar-refractivity contribution is 5.50. The van der Waals surface area contributed by atoms with Gasteiger partial charge in [-0.05, 0) is 53.1 Å². The lowest BCUT2D eigenvalue weighted by Gasteiger charge is -2.39. The summed E-state index contributed by atoms with van der Waals surface area (Å²) in [5.41, 5.74) is 3.19. The van der Waals surface area contributed by atoms with E-state index in [1.54, 1.807) is 7.11 Å². The number of methoxy groups -OCH3 is 1. The summed E-state index contributed by atoms with van der Waals surface area (Å²) in [4.78, 5) is 4.81. The standard InChI is InChI=1S/C27H28F2N2O/c1-32-26-14-4-21(5-15-26)3-2-16-30-17-19-31(20-18-30)27(22-6-10-24(28)11-7-22)23-8-12-25(29)13-9-23/h2-15,27H,16-20H2,1H3/b3-2+. The normalized spacial score (nSPS) is 15.5. The fraction of sp³-hybridized carbons (Fsp3) is 0.259. The highest BCUT2D eigenvalue weighted by Gasteiger charge is 2.26. The van der Waals surface area contributed by atoms with E-state index in [0.717, 1.165) is 55.2 Å². The highest BCUT2D eigenvalue weighted by Crippen LogP contribution is 2.30. The molecule has 0 radical (unpaired) electrons. The van der Waals surface area contributed by atoms with Crippen LogP contribution in [0.2, 0.25) is 0 Å². The van der Waals surface area contributed by atoms with Crippen LogP contribution in [0.5, 0.6) is 5.75 Å². The molecule has 0 amide bonds. The highest BCUT2D eigenvalue weighted by atomic mass is 19.1. The maximum atomic E-state index is 13.5. The summed E-state index contributed by atoms with van der Waals surface area (Å²) in [5, 5.41) is 0. The van der Waals surface area contributed by atoms with E-state index >= 15 is 0 Å². The van der Waals surface area contributed by atoms with Crippen LogP contribution in [0.4, 0.5) is 8.78 Å². The number of benzene rings is 3. The third-order valence-corrected chi connectivity index (χ3v) is 5.93. The van der Waals surface area contributed by atoms with Gasteiger partial charge in [-0.15, -0.1) is 0 Å². The SMILES string of the molecule is COc1ccc(/C=C/CN2CCN(C(c3ccc(F)cc3)c3ccc(F)cc3)CC2)cc1. The first-order chi connectivity index (χ1) is 15.6. The Kier molecular flexibility index (Phi) is 7.30. The number of halogens is 2. The lowest BCUT2D eigenvalue weighted by atomic mass is 9.96. The molecule has 0 atom stereocenters. The Balaban J connectivity index is 1.40. The van der Waals surface area contributed by atoms with Crippen LogP contribution in [-0.2, 0) is 0 Å². The predicted molar refractivity (Wildman–Crippen MR) is 125 cm³/mol. The summed E-state index contributed by atoms with van der Waals surface area (Å²) in [7, 11) is 1.67. The Bertz CT molecular complexity index is 964. The second-order valence-electron chi connectivity index (χ2n) is 8.02. The van der Waals surface area contributed by atoms with Crippen molar-refractivity contribution in [2.24, 2.45) is 0 Å². The third kappa shape index (κ3) is 5.61. The van der Waals surface area contributed by atoms with Gasteiger partial charge < -0.3 is 4.74 Å². The minimum Gasteiger partial charge on any atom is -0.497 e. The molecule has 1 aliphatic heterocycles. The van der Waals surface area contributed by atoms with Gasteiger partial charge in [0.05, 0.1) is 13.2 Å². The molecule has 4 rings (SSSR count). The Morgan fingerprint density at radius 2 is 1.31 bits per heavy atom. The summed E-state index contributed by atoms with van der Waals surface area (Å²) >= 11 is 0. The first kappa shape index (κ1) is 22.2. The van der Waals surface area contributed by atoms with Gasteiger partial charge >= 0.3 is 0 Å². The molecule has 0 aliphatic carbocycles. The van der Waals surface area contributed by atoms with E-state index in [2.05, 4.69) is 22.0 Å². The number of hydrogen-bond donors (Lipinski definition) is 0. The number of nitrogens with zero attached hydrogens (tertiary/aromatic N) is 2. The van der Waals surface area contributed by atoms with Gasteiger partial charge in [0.15, 0.2) is 0 Å². The second-order valence-corrected chi connectivity index (χ2v) is 8.02. The van der Waals surface area contributed by atoms with Crippen molar-refractivity contribution < 1.29 is 13.5 Å². The third-order valence-electron chi connectivity index (χ3n) is 5.93. The Morgan fingerprint density at radius 3 is 1.81 bits per heavy atom. The van der Waals surface area contributed by atoms with E-state index in [1.165, 1.54) is 24.3 Å². The number of piperazine rings is 1. The zero-order valence-electron chi connectivity index (χ0n) is 18.3. The molecular weight excluding hydrogens is 406 g/mol. The van der Waals surface area contributed by atoms with Crippen molar-refractivity contribution in [3.63, 3.8) is 0 Å². The van der Waals surface area contributed by atoms with Gasteiger partial charge in [0, 0.05) is 32.7 Å². The summed E-state index contributed by atoms with van der Waals surface area (Å²) in [5.74, 6) is 0.357. The van der Waals surface area contributed by atoms with Crippen LogP contribution < -0.4 is 4.74 Å². The lowest BCUT2D eigenvalue weighted by molar-refractivity contribution is 0.118. The maximum Gasteiger partial charge on any atom is 0.123 e. The summed E-state index contributed by atoms with van der Waals surface area (Å²) in [6.45, 7) is 4.53. The quantitative estimate of drug-likeness (QED) is 0.496. The van der Waals surface area contributed by atoms with Gasteiger partial charge in [-0.3, -0.25) is 9.80 Å². The zero-order valence-corrected chi connectivity index (χ0v) is 18.3. The van der Waals surface area contributed by atoms with Gasteiger partial charge in [0.1, 0.15) is 17.4 Å². The Morgan fingerprint density at radius 1 is 0.781 bits per heavy atom. The van der Waals surface area contributed by atoms with Crippen LogP contribution in [0.1, 0.15) is 22.7 Å². The molecule has 0 bridgehead atoms. The maximum absolute atomic E-state index is 13.5. The Labute approximate surface area is 188 Å². The zero-order chi connectivity index (χ0) is 22.3. The van der Waals surface area contributed by atoms with Crippen LogP contribution in [0.25, 0.3) is 6.08 Å². The monoisotopic (exact) mass is 434 g/mol. The smallest absolute Gasteiger partial charge is 0.123 e. The molecule has 0 unspecified atom stereocenters. The van der Waals surface area contributed by atoms with Crippen LogP contribution >= 0.6 is 0 Å². The molecule has 0 aromatic heterocycles. The molecular formula is C27H28F2N2O. The second kappa shape index (κ2) is 10.5. The van der Waals surface area contributed by atoms with E-state index in [1.807, 2.05) is 48.5 Å². The molecule has 1 saturated heterocycles. The number of rotatable bonds is 7. The van der Waals surface area contributed by atoms with Gasteiger partial charge in [0.2, 0.25) is 0 Å². The molecule has 166 valence electrons. The molecule has 5 heteroatoms. The van der Waals surface area contributed by atoms with Gasteiger partial charge in [0.25, 0.3) is 0 Å². The molecule has 1 heterocycles. The Hall–Kier alpha value is -3.02. The molecule has 32 heavy (non-hydrogen) atoms. The van der Waals surface area contributed by atoms with Gasteiger partial charge in [-0.25, -0.2) is 8.78 Å². The van der Waals surface area contributed by atoms with E-state index in [9.17, 15) is 8.78 Å². The van der Waals surface area contributed by atoms with Crippen LogP contribution in [0.3, 0.4) is 0 Å². The molecule has 1 fully saturated rings. The minimum atomic E-state index is -0.250. The van der Waals surface area contributed by atoms with Crippen LogP contribution in [0, 0.1) is 11.6 Å². The lowest BCUT2D eigenvalue weighted by Crippen LogP contribution is -2.47. The van der Waals surface area contributed by atoms with Crippen molar-refractivity contribution >= 4 is 6.08 Å². The van der Waals surface area contributed by atoms with Crippen molar-refractivity contribution in [2.45, 2.75) is 6.04 Å². The van der Waals surface area contributed by atoms with E-state index < -0.39 is 0 Å². The van der Waals surface area contributed by atoms with Crippen molar-refractivity contribution in [2.75, 3.05) is 39.8 Å². The number of hydrogen-bond acceptors (Lipinski definition) is 3. The van der Waals surface area contributed by atoms with Crippen molar-refractivity contribution in [3.8, 4) is 5.75 Å². The number of ether oxygens (including phenoxy) is 1. The fourth-order valence-electron chi connectivity index (χ4n) is 4.16. The largest absolute Gasteiger partial charge is 0.497 e. The molecule has 0 N–H and O–H groups in total. The fourth-order valence-corrected chi connectivity index (χ4v) is 4.16. The average Bonchev–Trinajstić information content (AvgIpc) is 2.83. The van der Waals surface area contributed by atoms with E-state index in [-0.39, 0.29) is 17.7 Å². The first-order valence-electron chi connectivity index (χ1n) is 10.9. The predicted octanol–water partition coefficient (Wildman–Crippen LogP) is 5.39. The molecule has 3 aromatic rings. The molecule has 1 aliphatic rings. The topological polar surface area (TPSA) is 15.7 Å². The van der Waals surface area contributed by atoms with Crippen molar-refractivity contribution in [1.29, 1.82) is 0 Å². The minimum absolute atomic E-state index is 0.0202. The van der Waals surface area contributed by atoms with Crippen molar-refractivity contribution in [1.82, 2.24) is 9.80 Å². The molecule has 3 nitrogen and oxygen atoms in total. The summed E-state index contributed by atoms with van der Waals surface area (Å²) < 4.78 is 32.2. The first-order valence-corrected chi connectivity index (χ1v) is 10.9. The summed E-state index contributed by atoms with van der Waals surface area (Å²) in [6.07, 6.45) is 4.32. The average molecular weight is 435 g/mol. The van der Waals surface area contributed by atoms with Gasteiger partial charge in [-0.1, -0.05) is 48.6 Å². The van der Waals surface area contributed by atoms with Crippen LogP contribution in [-0.4, -0.2) is 49.6 Å². The van der Waals surface area contributed by atoms with E-state index in [4.69, 9.17) is 4.74 Å². The molecule has 3 aromatic carbocycles. The molecule has 0 saturated carbocycles. The summed E-state index contributed by atoms with van der Waals surface area (Å²) in [6, 6.07) is 21.3. The van der Waals surface area contributed by atoms with Crippen LogP contribution in [0.15, 0.2) is 78.9 Å². The van der Waals surface area contributed by atoms with Gasteiger partial charge in [-0.2, -0.15) is 0 Å². The molecule has 0 spiro atoms. The van der Waals surface area contributed by atoms with E-state index in [0.29, 0.717) is 0 Å².